The highest BCUT2D eigenvalue weighted by molar-refractivity contribution is 7.14. The molecule has 3 N–H and O–H groups in total. The van der Waals surface area contributed by atoms with E-state index < -0.39 is 11.7 Å². The highest BCUT2D eigenvalue weighted by atomic mass is 32.1. The number of phenols is 2. The van der Waals surface area contributed by atoms with E-state index in [-0.39, 0.29) is 27.9 Å². The van der Waals surface area contributed by atoms with Crippen molar-refractivity contribution in [1.29, 1.82) is 0 Å². The van der Waals surface area contributed by atoms with E-state index in [4.69, 9.17) is 0 Å². The van der Waals surface area contributed by atoms with Crippen molar-refractivity contribution in [3.05, 3.63) is 34.8 Å². The lowest BCUT2D eigenvalue weighted by atomic mass is 10.2. The van der Waals surface area contributed by atoms with Crippen molar-refractivity contribution in [3.63, 3.8) is 0 Å². The lowest BCUT2D eigenvalue weighted by molar-refractivity contribution is 0.100. The Morgan fingerprint density at radius 1 is 1.32 bits per heavy atom. The predicted molar refractivity (Wildman–Crippen MR) is 69.8 cm³/mol. The van der Waals surface area contributed by atoms with Gasteiger partial charge in [-0.05, 0) is 12.1 Å². The number of amides is 1. The number of para-hydroxylation sites is 1. The Morgan fingerprint density at radius 3 is 2.68 bits per heavy atom. The van der Waals surface area contributed by atoms with Gasteiger partial charge in [0.25, 0.3) is 5.91 Å². The molecule has 6 nitrogen and oxygen atoms in total. The van der Waals surface area contributed by atoms with Crippen LogP contribution in [0.25, 0.3) is 0 Å². The fourth-order valence-corrected chi connectivity index (χ4v) is 2.12. The van der Waals surface area contributed by atoms with Crippen LogP contribution in [0.1, 0.15) is 27.8 Å². The summed E-state index contributed by atoms with van der Waals surface area (Å²) in [6.07, 6.45) is 0. The zero-order valence-electron chi connectivity index (χ0n) is 9.88. The average Bonchev–Trinajstić information content (AvgIpc) is 2.81. The number of carbonyl (C=O) groups excluding carboxylic acids is 2. The van der Waals surface area contributed by atoms with Crippen molar-refractivity contribution >= 4 is 28.2 Å². The number of carbonyl (C=O) groups is 2. The number of anilines is 1. The number of aromatic hydroxyl groups is 2. The van der Waals surface area contributed by atoms with E-state index in [1.807, 2.05) is 0 Å². The molecule has 0 aliphatic carbocycles. The van der Waals surface area contributed by atoms with E-state index in [0.717, 1.165) is 11.3 Å². The monoisotopic (exact) mass is 278 g/mol. The molecule has 1 heterocycles. The number of aromatic nitrogens is 1. The van der Waals surface area contributed by atoms with E-state index in [9.17, 15) is 19.8 Å². The summed E-state index contributed by atoms with van der Waals surface area (Å²) in [6, 6.07) is 4.07. The van der Waals surface area contributed by atoms with Gasteiger partial charge in [-0.1, -0.05) is 6.07 Å². The fourth-order valence-electron chi connectivity index (χ4n) is 1.37. The Hall–Kier alpha value is -2.41. The molecule has 2 aromatic rings. The van der Waals surface area contributed by atoms with Crippen LogP contribution >= 0.6 is 11.3 Å². The molecule has 1 amide bonds. The molecule has 2 rings (SSSR count). The Bertz CT molecular complexity index is 651. The summed E-state index contributed by atoms with van der Waals surface area (Å²) >= 11 is 1.10. The van der Waals surface area contributed by atoms with Gasteiger partial charge in [-0.25, -0.2) is 4.98 Å². The highest BCUT2D eigenvalue weighted by Crippen LogP contribution is 2.29. The third-order valence-corrected chi connectivity index (χ3v) is 3.10. The molecule has 0 unspecified atom stereocenters. The molecule has 7 heteroatoms. The SMILES string of the molecule is CC(=O)c1csc(NC(=O)c2cccc(O)c2O)n1. The first-order valence-electron chi connectivity index (χ1n) is 5.28. The number of rotatable bonds is 3. The summed E-state index contributed by atoms with van der Waals surface area (Å²) in [5, 5.41) is 23.1. The van der Waals surface area contributed by atoms with E-state index in [0.29, 0.717) is 0 Å². The quantitative estimate of drug-likeness (QED) is 0.589. The molecule has 0 fully saturated rings. The van der Waals surface area contributed by atoms with Gasteiger partial charge < -0.3 is 10.2 Å². The van der Waals surface area contributed by atoms with Crippen LogP contribution in [0.2, 0.25) is 0 Å². The van der Waals surface area contributed by atoms with Crippen molar-refractivity contribution in [3.8, 4) is 11.5 Å². The molecule has 0 spiro atoms. The zero-order valence-corrected chi connectivity index (χ0v) is 10.7. The molecule has 98 valence electrons. The van der Waals surface area contributed by atoms with Crippen molar-refractivity contribution in [2.45, 2.75) is 6.92 Å². The summed E-state index contributed by atoms with van der Waals surface area (Å²) < 4.78 is 0. The average molecular weight is 278 g/mol. The lowest BCUT2D eigenvalue weighted by Gasteiger charge is -2.05. The molecule has 0 atom stereocenters. The molecular weight excluding hydrogens is 268 g/mol. The van der Waals surface area contributed by atoms with Gasteiger partial charge in [-0.2, -0.15) is 0 Å². The van der Waals surface area contributed by atoms with Crippen LogP contribution in [0.15, 0.2) is 23.6 Å². The number of nitrogens with one attached hydrogen (secondary N) is 1. The second kappa shape index (κ2) is 5.07. The van der Waals surface area contributed by atoms with Gasteiger partial charge in [0.2, 0.25) is 0 Å². The normalized spacial score (nSPS) is 10.2. The Labute approximate surface area is 112 Å². The number of ketones is 1. The van der Waals surface area contributed by atoms with Crippen LogP contribution in [0, 0.1) is 0 Å². The van der Waals surface area contributed by atoms with Crippen LogP contribution < -0.4 is 5.32 Å². The van der Waals surface area contributed by atoms with Crippen molar-refractivity contribution < 1.29 is 19.8 Å². The minimum atomic E-state index is -0.613. The molecule has 0 bridgehead atoms. The van der Waals surface area contributed by atoms with Crippen molar-refractivity contribution in [2.75, 3.05) is 5.32 Å². The molecule has 1 aromatic heterocycles. The lowest BCUT2D eigenvalue weighted by Crippen LogP contribution is -2.12. The number of hydrogen-bond donors (Lipinski definition) is 3. The summed E-state index contributed by atoms with van der Waals surface area (Å²) in [4.78, 5) is 26.9. The summed E-state index contributed by atoms with van der Waals surface area (Å²) in [7, 11) is 0. The summed E-state index contributed by atoms with van der Waals surface area (Å²) in [5.74, 6) is -1.69. The number of Topliss-reactive ketones (excluding diaryl/α,β-unsaturated/α-hetero) is 1. The summed E-state index contributed by atoms with van der Waals surface area (Å²) in [6.45, 7) is 1.38. The van der Waals surface area contributed by atoms with Gasteiger partial charge in [0.05, 0.1) is 5.56 Å². The van der Waals surface area contributed by atoms with Crippen LogP contribution in [-0.4, -0.2) is 26.9 Å². The van der Waals surface area contributed by atoms with Gasteiger partial charge in [0.1, 0.15) is 5.69 Å². The highest BCUT2D eigenvalue weighted by Gasteiger charge is 2.15. The number of hydrogen-bond acceptors (Lipinski definition) is 6. The summed E-state index contributed by atoms with van der Waals surface area (Å²) in [5.41, 5.74) is 0.194. The minimum Gasteiger partial charge on any atom is -0.504 e. The standard InChI is InChI=1S/C12H10N2O4S/c1-6(15)8-5-19-12(13-8)14-11(18)7-3-2-4-9(16)10(7)17/h2-5,16-17H,1H3,(H,13,14,18). The van der Waals surface area contributed by atoms with E-state index in [2.05, 4.69) is 10.3 Å². The Balaban J connectivity index is 2.21. The fraction of sp³-hybridized carbons (Fsp3) is 0.0833. The number of phenolic OH excluding ortho intramolecular Hbond substituents is 2. The van der Waals surface area contributed by atoms with E-state index >= 15 is 0 Å². The predicted octanol–water partition coefficient (Wildman–Crippen LogP) is 2.01. The Morgan fingerprint density at radius 2 is 2.05 bits per heavy atom. The largest absolute Gasteiger partial charge is 0.504 e. The molecule has 0 saturated carbocycles. The molecule has 19 heavy (non-hydrogen) atoms. The molecule has 0 saturated heterocycles. The van der Waals surface area contributed by atoms with Gasteiger partial charge in [0.15, 0.2) is 22.4 Å². The minimum absolute atomic E-state index is 0.0698. The van der Waals surface area contributed by atoms with Crippen LogP contribution in [0.5, 0.6) is 11.5 Å². The maximum Gasteiger partial charge on any atom is 0.261 e. The van der Waals surface area contributed by atoms with Crippen molar-refractivity contribution in [2.24, 2.45) is 0 Å². The smallest absolute Gasteiger partial charge is 0.261 e. The molecule has 0 radical (unpaired) electrons. The second-order valence-electron chi connectivity index (χ2n) is 3.72. The van der Waals surface area contributed by atoms with E-state index in [1.54, 1.807) is 0 Å². The first kappa shape index (κ1) is 13.0. The van der Waals surface area contributed by atoms with Crippen LogP contribution in [-0.2, 0) is 0 Å². The Kier molecular flexibility index (Phi) is 3.48. The van der Waals surface area contributed by atoms with Gasteiger partial charge in [-0.3, -0.25) is 14.9 Å². The van der Waals surface area contributed by atoms with Crippen molar-refractivity contribution in [1.82, 2.24) is 4.98 Å². The van der Waals surface area contributed by atoms with Gasteiger partial charge in [0, 0.05) is 12.3 Å². The first-order chi connectivity index (χ1) is 8.99. The van der Waals surface area contributed by atoms with Gasteiger partial charge in [-0.15, -0.1) is 11.3 Å². The molecule has 1 aromatic carbocycles. The topological polar surface area (TPSA) is 99.5 Å². The van der Waals surface area contributed by atoms with E-state index in [1.165, 1.54) is 30.5 Å². The zero-order chi connectivity index (χ0) is 14.0. The number of benzene rings is 1. The third kappa shape index (κ3) is 2.71. The third-order valence-electron chi connectivity index (χ3n) is 2.34. The maximum absolute atomic E-state index is 11.9. The van der Waals surface area contributed by atoms with Crippen LogP contribution in [0.4, 0.5) is 5.13 Å². The number of nitrogens with zero attached hydrogens (tertiary/aromatic N) is 1. The number of thiazole rings is 1. The maximum atomic E-state index is 11.9. The second-order valence-corrected chi connectivity index (χ2v) is 4.58. The molecule has 0 aliphatic heterocycles. The van der Waals surface area contributed by atoms with Gasteiger partial charge >= 0.3 is 0 Å². The molecule has 0 aliphatic rings. The first-order valence-corrected chi connectivity index (χ1v) is 6.15. The van der Waals surface area contributed by atoms with Crippen LogP contribution in [0.3, 0.4) is 0 Å². The molecular formula is C12H10N2O4S.